The fourth-order valence-electron chi connectivity index (χ4n) is 3.44. The van der Waals surface area contributed by atoms with Crippen LogP contribution in [0.25, 0.3) is 22.2 Å². The lowest BCUT2D eigenvalue weighted by molar-refractivity contribution is -0.157. The van der Waals surface area contributed by atoms with Crippen molar-refractivity contribution in [1.82, 2.24) is 14.5 Å². The zero-order valence-corrected chi connectivity index (χ0v) is 21.1. The maximum absolute atomic E-state index is 11.9. The van der Waals surface area contributed by atoms with Crippen molar-refractivity contribution in [1.29, 1.82) is 0 Å². The molecule has 17 nitrogen and oxygen atoms in total. The highest BCUT2D eigenvalue weighted by molar-refractivity contribution is 7.64. The van der Waals surface area contributed by atoms with Crippen LogP contribution in [0.15, 0.2) is 29.4 Å². The molecule has 3 unspecified atom stereocenters. The number of nitrogens with two attached hydrogens (primary N) is 1. The molecule has 3 aromatic rings. The molecule has 1 saturated heterocycles. The van der Waals surface area contributed by atoms with E-state index in [1.807, 2.05) is 16.8 Å². The van der Waals surface area contributed by atoms with Gasteiger partial charge < -0.3 is 30.1 Å². The third-order valence-corrected chi connectivity index (χ3v) is 9.17. The van der Waals surface area contributed by atoms with E-state index in [-0.39, 0.29) is 5.82 Å². The van der Waals surface area contributed by atoms with E-state index in [0.29, 0.717) is 16.6 Å². The predicted molar refractivity (Wildman–Crippen MR) is 120 cm³/mol. The first-order valence-electron chi connectivity index (χ1n) is 9.57. The lowest BCUT2D eigenvalue weighted by atomic mass is 10.1. The second kappa shape index (κ2) is 10.6. The number of ether oxygens (including phenoxy) is 1. The zero-order valence-electron chi connectivity index (χ0n) is 17.6. The molecular formula is C15H18N4O13P3S+. The highest BCUT2D eigenvalue weighted by atomic mass is 32.1. The van der Waals surface area contributed by atoms with E-state index < -0.39 is 55.0 Å². The SMILES string of the molecule is Nc1ncnc2c1c(-c1ccsc1)cn2[C@@H]1O[C@H](CO[P+](=O)OP(=O)(O)OP(=O)(O)OO)[C@@H](O)[C@H]1O. The summed E-state index contributed by atoms with van der Waals surface area (Å²) in [6, 6.07) is 1.84. The maximum atomic E-state index is 11.9. The predicted octanol–water partition coefficient (Wildman–Crippen LogP) is 1.76. The van der Waals surface area contributed by atoms with Crippen LogP contribution in [-0.4, -0.2) is 64.7 Å². The van der Waals surface area contributed by atoms with Gasteiger partial charge in [-0.2, -0.15) is 15.6 Å². The van der Waals surface area contributed by atoms with Crippen LogP contribution in [0.3, 0.4) is 0 Å². The van der Waals surface area contributed by atoms with Crippen LogP contribution in [0, 0.1) is 0 Å². The topological polar surface area (TPSA) is 255 Å². The van der Waals surface area contributed by atoms with Crippen LogP contribution in [0.5, 0.6) is 0 Å². The maximum Gasteiger partial charge on any atom is 0.708 e. The van der Waals surface area contributed by atoms with Gasteiger partial charge in [0, 0.05) is 16.3 Å². The minimum absolute atomic E-state index is 0.177. The average Bonchev–Trinajstić information content (AvgIpc) is 3.51. The molecule has 4 heterocycles. The highest BCUT2D eigenvalue weighted by Crippen LogP contribution is 2.63. The first kappa shape index (κ1) is 27.3. The van der Waals surface area contributed by atoms with Crippen molar-refractivity contribution >= 4 is 52.1 Å². The molecule has 0 spiro atoms. The number of rotatable bonds is 10. The standard InChI is InChI=1S/C15H17N4O13P3S/c16-13-10-8(7-1-2-36-5-7)3-19(14(10)18-6-17-13)15-12(21)11(20)9(29-15)4-28-33(23)31-35(26,27)32-34(24,25)30-22/h1-3,5-6,9,11-12,15,20-21H,4H2,(H4-,16,17,18,22,24,25,26,27)/p+1/t9-,11-,12-,15-/m1/s1. The molecule has 196 valence electrons. The summed E-state index contributed by atoms with van der Waals surface area (Å²) in [7, 11) is -14.3. The number of nitrogens with zero attached hydrogens (tertiary/aromatic N) is 3. The summed E-state index contributed by atoms with van der Waals surface area (Å²) >= 11 is 1.45. The van der Waals surface area contributed by atoms with Crippen LogP contribution in [0.1, 0.15) is 6.23 Å². The molecule has 0 saturated carbocycles. The molecule has 1 aliphatic rings. The fourth-order valence-corrected chi connectivity index (χ4v) is 6.78. The molecule has 1 aliphatic heterocycles. The van der Waals surface area contributed by atoms with Gasteiger partial charge in [-0.15, -0.1) is 9.20 Å². The van der Waals surface area contributed by atoms with Crippen molar-refractivity contribution in [2.75, 3.05) is 12.3 Å². The van der Waals surface area contributed by atoms with Gasteiger partial charge in [-0.1, -0.05) is 0 Å². The number of aromatic nitrogens is 3. The Bertz CT molecular complexity index is 1350. The summed E-state index contributed by atoms with van der Waals surface area (Å²) in [5.74, 6) is 0.177. The van der Waals surface area contributed by atoms with E-state index in [1.54, 1.807) is 6.20 Å². The summed E-state index contributed by atoms with van der Waals surface area (Å²) < 4.78 is 57.0. The number of nitrogen functional groups attached to an aromatic ring is 1. The first-order chi connectivity index (χ1) is 16.9. The van der Waals surface area contributed by atoms with Gasteiger partial charge in [0.2, 0.25) is 0 Å². The van der Waals surface area contributed by atoms with Gasteiger partial charge in [0.05, 0.1) is 5.39 Å². The number of phosphoric acid groups is 2. The number of aliphatic hydroxyl groups is 2. The van der Waals surface area contributed by atoms with E-state index in [4.69, 9.17) is 25.1 Å². The molecule has 4 rings (SSSR count). The molecule has 21 heteroatoms. The minimum atomic E-state index is -5.48. The van der Waals surface area contributed by atoms with Gasteiger partial charge in [0.25, 0.3) is 0 Å². The Labute approximate surface area is 205 Å². The summed E-state index contributed by atoms with van der Waals surface area (Å²) in [5.41, 5.74) is 7.81. The smallest absolute Gasteiger partial charge is 0.387 e. The number of hydrogen-bond donors (Lipinski definition) is 6. The molecule has 1 fully saturated rings. The summed E-state index contributed by atoms with van der Waals surface area (Å²) in [6.07, 6.45) is -2.77. The lowest BCUT2D eigenvalue weighted by Crippen LogP contribution is -2.33. The summed E-state index contributed by atoms with van der Waals surface area (Å²) in [5, 5.41) is 33.4. The van der Waals surface area contributed by atoms with Gasteiger partial charge in [-0.25, -0.2) is 24.4 Å². The van der Waals surface area contributed by atoms with Gasteiger partial charge >= 0.3 is 23.9 Å². The van der Waals surface area contributed by atoms with Crippen LogP contribution in [-0.2, 0) is 36.3 Å². The van der Waals surface area contributed by atoms with Crippen molar-refractivity contribution in [2.45, 2.75) is 24.5 Å². The zero-order chi connectivity index (χ0) is 26.3. The molecule has 0 aliphatic carbocycles. The Morgan fingerprint density at radius 1 is 1.22 bits per heavy atom. The van der Waals surface area contributed by atoms with Crippen LogP contribution in [0.4, 0.5) is 5.82 Å². The van der Waals surface area contributed by atoms with Gasteiger partial charge in [-0.05, 0) is 26.7 Å². The molecule has 7 N–H and O–H groups in total. The third-order valence-electron chi connectivity index (χ3n) is 4.91. The monoisotopic (exact) mass is 587 g/mol. The Morgan fingerprint density at radius 3 is 2.64 bits per heavy atom. The van der Waals surface area contributed by atoms with E-state index in [1.165, 1.54) is 22.2 Å². The summed E-state index contributed by atoms with van der Waals surface area (Å²) in [6.45, 7) is -0.717. The molecule has 0 radical (unpaired) electrons. The molecular weight excluding hydrogens is 569 g/mol. The van der Waals surface area contributed by atoms with Crippen molar-refractivity contribution < 1.29 is 61.5 Å². The quantitative estimate of drug-likeness (QED) is 0.112. The van der Waals surface area contributed by atoms with Crippen LogP contribution < -0.4 is 5.73 Å². The number of anilines is 1. The largest absolute Gasteiger partial charge is 0.708 e. The Kier molecular flexibility index (Phi) is 8.02. The van der Waals surface area contributed by atoms with Crippen LogP contribution >= 0.6 is 35.2 Å². The van der Waals surface area contributed by atoms with E-state index in [0.717, 1.165) is 5.56 Å². The number of thiophene rings is 1. The summed E-state index contributed by atoms with van der Waals surface area (Å²) in [4.78, 5) is 26.4. The Hall–Kier alpha value is -1.72. The van der Waals surface area contributed by atoms with Crippen molar-refractivity contribution in [2.24, 2.45) is 0 Å². The Morgan fingerprint density at radius 2 is 1.97 bits per heavy atom. The fraction of sp³-hybridized carbons (Fsp3) is 0.333. The molecule has 0 aromatic carbocycles. The van der Waals surface area contributed by atoms with Gasteiger partial charge in [0.1, 0.15) is 42.7 Å². The van der Waals surface area contributed by atoms with E-state index >= 15 is 0 Å². The molecule has 0 amide bonds. The number of aliphatic hydroxyl groups excluding tert-OH is 2. The molecule has 7 atom stereocenters. The van der Waals surface area contributed by atoms with E-state index in [2.05, 4.69) is 23.3 Å². The minimum Gasteiger partial charge on any atom is -0.387 e. The number of fused-ring (bicyclic) bond motifs is 1. The van der Waals surface area contributed by atoms with Crippen molar-refractivity contribution in [3.63, 3.8) is 0 Å². The van der Waals surface area contributed by atoms with E-state index in [9.17, 15) is 28.8 Å². The van der Waals surface area contributed by atoms with Gasteiger partial charge in [-0.3, -0.25) is 4.89 Å². The lowest BCUT2D eigenvalue weighted by Gasteiger charge is -2.17. The molecule has 0 bridgehead atoms. The average molecular weight is 587 g/mol. The van der Waals surface area contributed by atoms with Crippen molar-refractivity contribution in [3.8, 4) is 11.1 Å². The second-order valence-electron chi connectivity index (χ2n) is 7.17. The number of hydrogen-bond acceptors (Lipinski definition) is 15. The Balaban J connectivity index is 1.49. The third kappa shape index (κ3) is 5.72. The van der Waals surface area contributed by atoms with Crippen molar-refractivity contribution in [3.05, 3.63) is 29.4 Å². The molecule has 36 heavy (non-hydrogen) atoms. The molecule has 3 aromatic heterocycles. The second-order valence-corrected chi connectivity index (χ2v) is 12.0. The normalized spacial score (nSPS) is 26.1. The van der Waals surface area contributed by atoms with Crippen LogP contribution in [0.2, 0.25) is 0 Å². The highest BCUT2D eigenvalue weighted by Gasteiger charge is 2.48. The van der Waals surface area contributed by atoms with Gasteiger partial charge in [0.15, 0.2) is 6.23 Å². The first-order valence-corrected chi connectivity index (χ1v) is 14.6.